The third-order valence-corrected chi connectivity index (χ3v) is 8.08. The first-order chi connectivity index (χ1) is 19.5. The molecular weight excluding hydrogens is 518 g/mol. The number of anilines is 1. The summed E-state index contributed by atoms with van der Waals surface area (Å²) in [6, 6.07) is 9.82. The van der Waals surface area contributed by atoms with E-state index in [9.17, 15) is 14.4 Å². The fourth-order valence-corrected chi connectivity index (χ4v) is 5.84. The van der Waals surface area contributed by atoms with Crippen molar-refractivity contribution in [2.75, 3.05) is 31.5 Å². The predicted octanol–water partition coefficient (Wildman–Crippen LogP) is 4.33. The second kappa shape index (κ2) is 11.5. The Kier molecular flexibility index (Phi) is 8.02. The van der Waals surface area contributed by atoms with Crippen molar-refractivity contribution in [3.63, 3.8) is 0 Å². The summed E-state index contributed by atoms with van der Waals surface area (Å²) in [6.07, 6.45) is 4.73. The highest BCUT2D eigenvalue weighted by atomic mass is 16.2. The van der Waals surface area contributed by atoms with Gasteiger partial charge in [-0.15, -0.1) is 0 Å². The molecule has 0 aliphatic carbocycles. The van der Waals surface area contributed by atoms with Crippen LogP contribution in [0.25, 0.3) is 22.2 Å². The fourth-order valence-electron chi connectivity index (χ4n) is 5.84. The number of pyridine rings is 1. The van der Waals surface area contributed by atoms with E-state index in [-0.39, 0.29) is 35.1 Å². The summed E-state index contributed by atoms with van der Waals surface area (Å²) < 4.78 is 1.83. The Hall–Kier alpha value is -3.95. The molecule has 3 aromatic rings. The van der Waals surface area contributed by atoms with Gasteiger partial charge in [-0.3, -0.25) is 14.2 Å². The van der Waals surface area contributed by atoms with Gasteiger partial charge in [0.05, 0.1) is 0 Å². The number of carbonyl (C=O) groups is 2. The van der Waals surface area contributed by atoms with E-state index in [1.807, 2.05) is 72.4 Å². The van der Waals surface area contributed by atoms with E-state index >= 15 is 0 Å². The molecule has 4 heterocycles. The van der Waals surface area contributed by atoms with Crippen LogP contribution in [-0.2, 0) is 4.79 Å². The summed E-state index contributed by atoms with van der Waals surface area (Å²) in [5, 5.41) is 7.29. The summed E-state index contributed by atoms with van der Waals surface area (Å²) >= 11 is 0. The average molecular weight is 560 g/mol. The molecule has 10 nitrogen and oxygen atoms in total. The maximum atomic E-state index is 14.1. The zero-order valence-electron chi connectivity index (χ0n) is 24.7. The van der Waals surface area contributed by atoms with E-state index < -0.39 is 0 Å². The van der Waals surface area contributed by atoms with Gasteiger partial charge in [0, 0.05) is 67.9 Å². The number of aryl methyl sites for hydroxylation is 1. The maximum Gasteiger partial charge on any atom is 0.317 e. The molecular formula is C31H41N7O3. The van der Waals surface area contributed by atoms with E-state index in [1.165, 1.54) is 0 Å². The Bertz CT molecular complexity index is 1490. The standard InChI is InChI=1S/C31H41N7O3/c1-20-8-6-7-9-25(20)26-18-22-19-32-29(33-23-10-14-37(15-11-23)30(41)35-31(3,4)5)34-27(22)38(28(26)40)24-12-16-36(17-13-24)21(2)39/h6-9,18-19,23-24H,10-17H2,1-5H3,(H,35,41)(H,32,33,34). The number of hydrogen-bond acceptors (Lipinski definition) is 6. The molecule has 2 aliphatic rings. The lowest BCUT2D eigenvalue weighted by molar-refractivity contribution is -0.130. The van der Waals surface area contributed by atoms with Crippen molar-refractivity contribution in [1.29, 1.82) is 0 Å². The summed E-state index contributed by atoms with van der Waals surface area (Å²) in [7, 11) is 0. The van der Waals surface area contributed by atoms with Crippen molar-refractivity contribution in [3.05, 3.63) is 52.4 Å². The number of hydrogen-bond donors (Lipinski definition) is 2. The normalized spacial score (nSPS) is 17.1. The van der Waals surface area contributed by atoms with Gasteiger partial charge in [0.1, 0.15) is 5.65 Å². The molecule has 1 aromatic carbocycles. The SMILES string of the molecule is CC(=O)N1CCC(n2c(=O)c(-c3ccccc3C)cc3cnc(NC4CCN(C(=O)NC(C)(C)C)CC4)nc32)CC1. The molecule has 3 amide bonds. The first kappa shape index (κ1) is 28.6. The maximum absolute atomic E-state index is 14.1. The number of nitrogens with zero attached hydrogens (tertiary/aromatic N) is 5. The smallest absolute Gasteiger partial charge is 0.317 e. The first-order valence-corrected chi connectivity index (χ1v) is 14.6. The number of piperidine rings is 2. The summed E-state index contributed by atoms with van der Waals surface area (Å²) in [5.74, 6) is 0.540. The number of nitrogens with one attached hydrogen (secondary N) is 2. The lowest BCUT2D eigenvalue weighted by Crippen LogP contribution is -2.51. The highest BCUT2D eigenvalue weighted by Gasteiger charge is 2.28. The van der Waals surface area contributed by atoms with Gasteiger partial charge in [-0.05, 0) is 70.6 Å². The molecule has 0 radical (unpaired) electrons. The van der Waals surface area contributed by atoms with Crippen LogP contribution in [0.5, 0.6) is 0 Å². The van der Waals surface area contributed by atoms with E-state index in [1.54, 1.807) is 13.1 Å². The minimum Gasteiger partial charge on any atom is -0.351 e. The molecule has 0 atom stereocenters. The number of benzene rings is 1. The zero-order chi connectivity index (χ0) is 29.3. The van der Waals surface area contributed by atoms with Gasteiger partial charge in [0.15, 0.2) is 0 Å². The quantitative estimate of drug-likeness (QED) is 0.492. The molecule has 2 N–H and O–H groups in total. The monoisotopic (exact) mass is 559 g/mol. The van der Waals surface area contributed by atoms with Gasteiger partial charge in [-0.25, -0.2) is 9.78 Å². The van der Waals surface area contributed by atoms with Crippen LogP contribution in [0.2, 0.25) is 0 Å². The van der Waals surface area contributed by atoms with Gasteiger partial charge in [0.2, 0.25) is 11.9 Å². The number of rotatable bonds is 4. The lowest BCUT2D eigenvalue weighted by Gasteiger charge is -2.34. The molecule has 0 bridgehead atoms. The first-order valence-electron chi connectivity index (χ1n) is 14.6. The molecule has 218 valence electrons. The van der Waals surface area contributed by atoms with Gasteiger partial charge in [0.25, 0.3) is 5.56 Å². The Balaban J connectivity index is 1.43. The van der Waals surface area contributed by atoms with Crippen molar-refractivity contribution < 1.29 is 9.59 Å². The number of fused-ring (bicyclic) bond motifs is 1. The number of urea groups is 1. The number of aromatic nitrogens is 3. The Morgan fingerprint density at radius 2 is 1.61 bits per heavy atom. The van der Waals surface area contributed by atoms with Crippen LogP contribution in [-0.4, -0.2) is 74.0 Å². The Morgan fingerprint density at radius 1 is 0.951 bits per heavy atom. The summed E-state index contributed by atoms with van der Waals surface area (Å²) in [6.45, 7) is 12.0. The van der Waals surface area contributed by atoms with E-state index in [0.717, 1.165) is 29.4 Å². The molecule has 2 fully saturated rings. The lowest BCUT2D eigenvalue weighted by atomic mass is 9.99. The molecule has 2 aromatic heterocycles. The van der Waals surface area contributed by atoms with Crippen LogP contribution in [0.4, 0.5) is 10.7 Å². The molecule has 2 saturated heterocycles. The van der Waals surface area contributed by atoms with Crippen molar-refractivity contribution >= 4 is 28.9 Å². The molecule has 0 unspecified atom stereocenters. The van der Waals surface area contributed by atoms with Gasteiger partial charge in [-0.1, -0.05) is 24.3 Å². The van der Waals surface area contributed by atoms with Crippen LogP contribution < -0.4 is 16.2 Å². The number of carbonyl (C=O) groups excluding carboxylic acids is 2. The van der Waals surface area contributed by atoms with Crippen LogP contribution >= 0.6 is 0 Å². The van der Waals surface area contributed by atoms with E-state index in [2.05, 4.69) is 15.6 Å². The van der Waals surface area contributed by atoms with Crippen molar-refractivity contribution in [2.45, 2.75) is 77.9 Å². The Morgan fingerprint density at radius 3 is 2.24 bits per heavy atom. The number of amides is 3. The van der Waals surface area contributed by atoms with Crippen LogP contribution in [0.3, 0.4) is 0 Å². The van der Waals surface area contributed by atoms with E-state index in [0.29, 0.717) is 56.2 Å². The minimum absolute atomic E-state index is 0.0396. The Labute approximate surface area is 241 Å². The highest BCUT2D eigenvalue weighted by molar-refractivity contribution is 5.82. The van der Waals surface area contributed by atoms with Crippen molar-refractivity contribution in [3.8, 4) is 11.1 Å². The summed E-state index contributed by atoms with van der Waals surface area (Å²) in [5.41, 5.74) is 2.82. The third kappa shape index (κ3) is 6.36. The fraction of sp³-hybridized carbons (Fsp3) is 0.516. The zero-order valence-corrected chi connectivity index (χ0v) is 24.7. The third-order valence-electron chi connectivity index (χ3n) is 8.08. The molecule has 0 saturated carbocycles. The molecule has 2 aliphatic heterocycles. The van der Waals surface area contributed by atoms with E-state index in [4.69, 9.17) is 4.98 Å². The highest BCUT2D eigenvalue weighted by Crippen LogP contribution is 2.29. The predicted molar refractivity (Wildman–Crippen MR) is 161 cm³/mol. The average Bonchev–Trinajstić information content (AvgIpc) is 2.93. The minimum atomic E-state index is -0.275. The molecule has 5 rings (SSSR count). The molecule has 0 spiro atoms. The second-order valence-corrected chi connectivity index (χ2v) is 12.3. The van der Waals surface area contributed by atoms with Gasteiger partial charge < -0.3 is 20.4 Å². The van der Waals surface area contributed by atoms with Crippen molar-refractivity contribution in [2.24, 2.45) is 0 Å². The van der Waals surface area contributed by atoms with Gasteiger partial charge >= 0.3 is 6.03 Å². The number of likely N-dealkylation sites (tertiary alicyclic amines) is 2. The molecule has 10 heteroatoms. The van der Waals surface area contributed by atoms with Crippen molar-refractivity contribution in [1.82, 2.24) is 29.7 Å². The van der Waals surface area contributed by atoms with Crippen LogP contribution in [0.1, 0.15) is 65.0 Å². The molecule has 41 heavy (non-hydrogen) atoms. The van der Waals surface area contributed by atoms with Gasteiger partial charge in [-0.2, -0.15) is 4.98 Å². The summed E-state index contributed by atoms with van der Waals surface area (Å²) in [4.78, 5) is 51.8. The topological polar surface area (TPSA) is 112 Å². The second-order valence-electron chi connectivity index (χ2n) is 12.3. The largest absolute Gasteiger partial charge is 0.351 e. The van der Waals surface area contributed by atoms with Crippen LogP contribution in [0.15, 0.2) is 41.3 Å². The van der Waals surface area contributed by atoms with Crippen LogP contribution in [0, 0.1) is 6.92 Å².